The molecule has 0 aliphatic carbocycles. The van der Waals surface area contributed by atoms with Crippen LogP contribution in [0.15, 0.2) is 59.1 Å². The van der Waals surface area contributed by atoms with E-state index in [1.54, 1.807) is 0 Å². The average Bonchev–Trinajstić information content (AvgIpc) is 3.22. The molecule has 208 valence electrons. The molecule has 2 aliphatic rings. The molecule has 2 heterocycles. The first-order valence-electron chi connectivity index (χ1n) is 12.5. The summed E-state index contributed by atoms with van der Waals surface area (Å²) in [4.78, 5) is 23.0. The maximum absolute atomic E-state index is 11.7. The van der Waals surface area contributed by atoms with E-state index in [4.69, 9.17) is 9.47 Å². The number of amides is 2. The summed E-state index contributed by atoms with van der Waals surface area (Å²) in [5.74, 6) is 1.72. The van der Waals surface area contributed by atoms with Gasteiger partial charge in [-0.1, -0.05) is 58.0 Å². The van der Waals surface area contributed by atoms with Crippen LogP contribution in [0.2, 0.25) is 0 Å². The molecule has 3 aromatic rings. The van der Waals surface area contributed by atoms with Gasteiger partial charge in [0.05, 0.1) is 5.25 Å². The van der Waals surface area contributed by atoms with Crippen LogP contribution in [0.4, 0.5) is 4.79 Å². The van der Waals surface area contributed by atoms with Crippen LogP contribution in [0.25, 0.3) is 0 Å². The number of thioether (sulfide) groups is 1. The van der Waals surface area contributed by atoms with Gasteiger partial charge >= 0.3 is 19.5 Å². The number of carbonyl (C=O) groups is 2. The van der Waals surface area contributed by atoms with Crippen molar-refractivity contribution in [2.45, 2.75) is 57.8 Å². The van der Waals surface area contributed by atoms with E-state index in [1.165, 1.54) is 0 Å². The Morgan fingerprint density at radius 2 is 1.70 bits per heavy atom. The minimum absolute atomic E-state index is 0. The Bertz CT molecular complexity index is 1340. The van der Waals surface area contributed by atoms with E-state index < -0.39 is 5.60 Å². The molecule has 7 nitrogen and oxygen atoms in total. The third-order valence-electron chi connectivity index (χ3n) is 6.98. The first kappa shape index (κ1) is 33.8. The van der Waals surface area contributed by atoms with E-state index in [0.717, 1.165) is 68.4 Å². The van der Waals surface area contributed by atoms with E-state index in [0.29, 0.717) is 18.8 Å². The molecular weight excluding hydrogens is 648 g/mol. The quantitative estimate of drug-likeness (QED) is 0.290. The van der Waals surface area contributed by atoms with Crippen LogP contribution in [0.3, 0.4) is 0 Å². The largest absolute Gasteiger partial charge is 2.00 e. The Morgan fingerprint density at radius 3 is 2.25 bits per heavy atom. The van der Waals surface area contributed by atoms with Gasteiger partial charge in [0.15, 0.2) is 0 Å². The predicted octanol–water partition coefficient (Wildman–Crippen LogP) is 6.70. The average molecular weight is 680 g/mol. The third-order valence-corrected chi connectivity index (χ3v) is 8.49. The zero-order valence-electron chi connectivity index (χ0n) is 23.1. The van der Waals surface area contributed by atoms with Crippen molar-refractivity contribution in [1.82, 2.24) is 5.32 Å². The van der Waals surface area contributed by atoms with Crippen LogP contribution in [0.5, 0.6) is 17.2 Å². The summed E-state index contributed by atoms with van der Waals surface area (Å²) < 4.78 is 13.6. The van der Waals surface area contributed by atoms with Gasteiger partial charge in [0.25, 0.3) is 5.24 Å². The molecule has 0 spiro atoms. The minimum Gasteiger partial charge on any atom is -2.00 e. The van der Waals surface area contributed by atoms with Crippen molar-refractivity contribution >= 4 is 38.8 Å². The number of aromatic hydroxyl groups is 1. The summed E-state index contributed by atoms with van der Waals surface area (Å²) in [5, 5.41) is 12.0. The number of rotatable bonds is 5. The number of ether oxygens (including phenoxy) is 2. The maximum Gasteiger partial charge on any atom is 2.00 e. The van der Waals surface area contributed by atoms with Gasteiger partial charge in [-0.15, -0.1) is 0 Å². The summed E-state index contributed by atoms with van der Waals surface area (Å²) in [6.07, 6.45) is 2.13. The van der Waals surface area contributed by atoms with Gasteiger partial charge in [-0.2, -0.15) is 0 Å². The Morgan fingerprint density at radius 1 is 1.05 bits per heavy atom. The number of carbonyl (C=O) groups excluding carboxylic acids is 2. The van der Waals surface area contributed by atoms with E-state index in [-0.39, 0.29) is 41.4 Å². The maximum atomic E-state index is 11.7. The molecule has 2 amide bonds. The zero-order chi connectivity index (χ0) is 27.4. The molecule has 40 heavy (non-hydrogen) atoms. The molecule has 2 unspecified atom stereocenters. The number of hydrogen-bond acceptors (Lipinski definition) is 6. The van der Waals surface area contributed by atoms with Crippen LogP contribution in [-0.4, -0.2) is 33.7 Å². The van der Waals surface area contributed by atoms with Gasteiger partial charge in [0.2, 0.25) is 5.91 Å². The predicted molar refractivity (Wildman–Crippen MR) is 155 cm³/mol. The molecule has 0 bridgehead atoms. The Hall–Kier alpha value is -2.39. The first-order chi connectivity index (χ1) is 18.1. The van der Waals surface area contributed by atoms with Crippen molar-refractivity contribution in [3.05, 3.63) is 86.9 Å². The van der Waals surface area contributed by atoms with Gasteiger partial charge in [0, 0.05) is 10.0 Å². The fourth-order valence-corrected chi connectivity index (χ4v) is 5.68. The van der Waals surface area contributed by atoms with Crippen LogP contribution < -0.4 is 14.8 Å². The summed E-state index contributed by atoms with van der Waals surface area (Å²) in [5.41, 5.74) is 4.31. The van der Waals surface area contributed by atoms with Gasteiger partial charge in [-0.25, -0.2) is 0 Å². The molecule has 1 fully saturated rings. The summed E-state index contributed by atoms with van der Waals surface area (Å²) in [6.45, 7) is 8.28. The second-order valence-corrected chi connectivity index (χ2v) is 12.0. The third kappa shape index (κ3) is 8.09. The number of phenols is 1. The number of fused-ring (bicyclic) bond motifs is 1. The SMILES string of the molecule is Brc1ccccc1.Cc1c(C)c2c(c(C)c1O)CCC(C)(COc1ccc(CC3SC(=O)NC3=O)cc1)O2.[O-2].[Zn+2]. The van der Waals surface area contributed by atoms with Gasteiger partial charge in [-0.05, 0) is 93.5 Å². The molecule has 0 saturated carbocycles. The zero-order valence-corrected chi connectivity index (χ0v) is 28.5. The first-order valence-corrected chi connectivity index (χ1v) is 14.2. The smallest absolute Gasteiger partial charge is 2.00 e. The molecule has 0 radical (unpaired) electrons. The number of nitrogens with one attached hydrogen (secondary N) is 1. The van der Waals surface area contributed by atoms with Crippen LogP contribution in [0, 0.1) is 20.8 Å². The fourth-order valence-electron chi connectivity index (χ4n) is 4.51. The van der Waals surface area contributed by atoms with Gasteiger partial charge in [0.1, 0.15) is 29.5 Å². The normalized spacial score (nSPS) is 19.1. The van der Waals surface area contributed by atoms with Crippen LogP contribution >= 0.6 is 27.7 Å². The molecule has 1 saturated heterocycles. The molecule has 2 N–H and O–H groups in total. The molecule has 10 heteroatoms. The van der Waals surface area contributed by atoms with Crippen molar-refractivity contribution in [3.63, 3.8) is 0 Å². The molecule has 0 aromatic heterocycles. The Kier molecular flexibility index (Phi) is 12.2. The Balaban J connectivity index is 0.000000545. The number of imide groups is 1. The van der Waals surface area contributed by atoms with Gasteiger partial charge in [-0.3, -0.25) is 14.9 Å². The number of benzene rings is 3. The summed E-state index contributed by atoms with van der Waals surface area (Å²) >= 11 is 4.35. The standard InChI is InChI=1S/C24H27NO5S.C6H5Br.O.Zn/c1-13-14(2)21-18(15(3)20(13)26)9-10-24(4,30-21)12-29-17-7-5-16(6-8-17)11-19-22(27)25-23(28)31-19;7-6-4-2-1-3-5-6;;/h5-8,19,26H,9-12H2,1-4H3,(H,25,27,28);1-5H;;/q;;-2;+2. The molecule has 5 rings (SSSR count). The summed E-state index contributed by atoms with van der Waals surface area (Å²) in [7, 11) is 0. The van der Waals surface area contributed by atoms with Crippen molar-refractivity contribution in [3.8, 4) is 17.2 Å². The van der Waals surface area contributed by atoms with E-state index in [2.05, 4.69) is 21.2 Å². The van der Waals surface area contributed by atoms with Crippen molar-refractivity contribution in [2.24, 2.45) is 0 Å². The summed E-state index contributed by atoms with van der Waals surface area (Å²) in [6, 6.07) is 17.6. The number of phenolic OH excluding ortho intramolecular Hbond substituents is 1. The molecule has 2 atom stereocenters. The second-order valence-electron chi connectivity index (χ2n) is 9.90. The number of hydrogen-bond donors (Lipinski definition) is 2. The molecular formula is C30H32BrNO6SZn. The van der Waals surface area contributed by atoms with E-state index >= 15 is 0 Å². The second kappa shape index (κ2) is 14.5. The molecule has 2 aliphatic heterocycles. The van der Waals surface area contributed by atoms with E-state index in [1.807, 2.05) is 82.3 Å². The van der Waals surface area contributed by atoms with Crippen LogP contribution in [-0.2, 0) is 42.6 Å². The topological polar surface area (TPSA) is 113 Å². The molecule has 3 aromatic carbocycles. The van der Waals surface area contributed by atoms with Crippen LogP contribution in [0.1, 0.15) is 41.2 Å². The Labute approximate surface area is 260 Å². The fraction of sp³-hybridized carbons (Fsp3) is 0.333. The van der Waals surface area contributed by atoms with Crippen molar-refractivity contribution < 1.29 is 49.1 Å². The van der Waals surface area contributed by atoms with Gasteiger partial charge < -0.3 is 20.1 Å². The van der Waals surface area contributed by atoms with Crippen molar-refractivity contribution in [1.29, 1.82) is 0 Å². The van der Waals surface area contributed by atoms with E-state index in [9.17, 15) is 14.7 Å². The monoisotopic (exact) mass is 677 g/mol. The minimum atomic E-state index is -0.467. The van der Waals surface area contributed by atoms with Crippen molar-refractivity contribution in [2.75, 3.05) is 6.61 Å². The number of halogens is 1.